The highest BCUT2D eigenvalue weighted by molar-refractivity contribution is 6.45. The summed E-state index contributed by atoms with van der Waals surface area (Å²) in [7, 11) is 0. The molecule has 7 nitrogen and oxygen atoms in total. The van der Waals surface area contributed by atoms with Crippen molar-refractivity contribution in [2.75, 3.05) is 0 Å². The molecule has 2 rings (SSSR count). The molecule has 2 amide bonds. The summed E-state index contributed by atoms with van der Waals surface area (Å²) in [5, 5.41) is 4.52. The minimum atomic E-state index is -0.728. The summed E-state index contributed by atoms with van der Waals surface area (Å²) in [4.78, 5) is 29.8. The van der Waals surface area contributed by atoms with Crippen LogP contribution >= 0.6 is 0 Å². The van der Waals surface area contributed by atoms with Crippen LogP contribution in [0.4, 0.5) is 0 Å². The van der Waals surface area contributed by atoms with Crippen LogP contribution in [0.2, 0.25) is 0 Å². The SMILES string of the molecule is NC(=NC1CCCCC1)N=C1NC(=O)C(=O)N1. The van der Waals surface area contributed by atoms with Crippen molar-refractivity contribution in [2.45, 2.75) is 38.1 Å². The molecule has 0 unspecified atom stereocenters. The molecule has 2 aliphatic rings. The molecule has 0 spiro atoms. The molecule has 1 aliphatic heterocycles. The Morgan fingerprint density at radius 1 is 1.12 bits per heavy atom. The number of rotatable bonds is 1. The van der Waals surface area contributed by atoms with Crippen molar-refractivity contribution in [1.82, 2.24) is 10.6 Å². The Balaban J connectivity index is 1.98. The first kappa shape index (κ1) is 11.6. The minimum absolute atomic E-state index is 0.0528. The minimum Gasteiger partial charge on any atom is -0.368 e. The molecule has 92 valence electrons. The van der Waals surface area contributed by atoms with E-state index in [9.17, 15) is 9.59 Å². The third-order valence-electron chi connectivity index (χ3n) is 2.79. The number of guanidine groups is 2. The Morgan fingerprint density at radius 3 is 2.29 bits per heavy atom. The number of hydrogen-bond donors (Lipinski definition) is 3. The predicted octanol–water partition coefficient (Wildman–Crippen LogP) is -0.764. The van der Waals surface area contributed by atoms with E-state index in [1.54, 1.807) is 0 Å². The van der Waals surface area contributed by atoms with Crippen molar-refractivity contribution in [3.05, 3.63) is 0 Å². The molecule has 7 heteroatoms. The van der Waals surface area contributed by atoms with Crippen molar-refractivity contribution in [3.8, 4) is 0 Å². The van der Waals surface area contributed by atoms with Crippen molar-refractivity contribution in [2.24, 2.45) is 15.7 Å². The Bertz CT molecular complexity index is 378. The Labute approximate surface area is 98.6 Å². The summed E-state index contributed by atoms with van der Waals surface area (Å²) in [5.74, 6) is -1.31. The van der Waals surface area contributed by atoms with Crippen LogP contribution in [0.25, 0.3) is 0 Å². The zero-order valence-corrected chi connectivity index (χ0v) is 9.40. The normalized spacial score (nSPS) is 22.4. The van der Waals surface area contributed by atoms with Crippen LogP contribution in [0.15, 0.2) is 9.98 Å². The van der Waals surface area contributed by atoms with Gasteiger partial charge in [-0.15, -0.1) is 0 Å². The zero-order chi connectivity index (χ0) is 12.3. The first-order chi connectivity index (χ1) is 8.15. The van der Waals surface area contributed by atoms with Crippen LogP contribution in [0.3, 0.4) is 0 Å². The summed E-state index contributed by atoms with van der Waals surface area (Å²) >= 11 is 0. The summed E-state index contributed by atoms with van der Waals surface area (Å²) < 4.78 is 0. The molecule has 1 aliphatic carbocycles. The molecular formula is C10H15N5O2. The number of carbonyl (C=O) groups is 2. The lowest BCUT2D eigenvalue weighted by Gasteiger charge is -2.17. The van der Waals surface area contributed by atoms with Crippen LogP contribution < -0.4 is 16.4 Å². The molecule has 0 aromatic heterocycles. The predicted molar refractivity (Wildman–Crippen MR) is 62.2 cm³/mol. The van der Waals surface area contributed by atoms with E-state index < -0.39 is 11.8 Å². The fourth-order valence-corrected chi connectivity index (χ4v) is 1.96. The molecule has 0 aromatic rings. The van der Waals surface area contributed by atoms with Gasteiger partial charge in [-0.3, -0.25) is 20.2 Å². The van der Waals surface area contributed by atoms with Crippen LogP contribution in [0.1, 0.15) is 32.1 Å². The molecular weight excluding hydrogens is 222 g/mol. The van der Waals surface area contributed by atoms with E-state index in [0.29, 0.717) is 0 Å². The van der Waals surface area contributed by atoms with Gasteiger partial charge in [-0.2, -0.15) is 4.99 Å². The van der Waals surface area contributed by atoms with Crippen molar-refractivity contribution in [3.63, 3.8) is 0 Å². The quantitative estimate of drug-likeness (QED) is 0.316. The van der Waals surface area contributed by atoms with Gasteiger partial charge in [0.15, 0.2) is 0 Å². The van der Waals surface area contributed by atoms with Crippen molar-refractivity contribution < 1.29 is 9.59 Å². The van der Waals surface area contributed by atoms with E-state index in [1.165, 1.54) is 6.42 Å². The number of amides is 2. The second-order valence-corrected chi connectivity index (χ2v) is 4.15. The first-order valence-electron chi connectivity index (χ1n) is 5.69. The fourth-order valence-electron chi connectivity index (χ4n) is 1.96. The summed E-state index contributed by atoms with van der Waals surface area (Å²) in [6, 6.07) is 0.209. The summed E-state index contributed by atoms with van der Waals surface area (Å²) in [6.07, 6.45) is 5.60. The average Bonchev–Trinajstić information content (AvgIpc) is 2.59. The molecule has 1 heterocycles. The van der Waals surface area contributed by atoms with E-state index in [4.69, 9.17) is 5.73 Å². The fraction of sp³-hybridized carbons (Fsp3) is 0.600. The van der Waals surface area contributed by atoms with Gasteiger partial charge in [0.2, 0.25) is 11.9 Å². The second-order valence-electron chi connectivity index (χ2n) is 4.15. The van der Waals surface area contributed by atoms with Crippen LogP contribution in [-0.2, 0) is 9.59 Å². The van der Waals surface area contributed by atoms with Gasteiger partial charge in [0.25, 0.3) is 0 Å². The van der Waals surface area contributed by atoms with E-state index in [-0.39, 0.29) is 18.0 Å². The van der Waals surface area contributed by atoms with E-state index in [1.807, 2.05) is 0 Å². The highest BCUT2D eigenvalue weighted by Crippen LogP contribution is 2.20. The number of nitrogens with two attached hydrogens (primary N) is 1. The maximum Gasteiger partial charge on any atom is 0.316 e. The molecule has 0 bridgehead atoms. The van der Waals surface area contributed by atoms with E-state index in [0.717, 1.165) is 25.7 Å². The molecule has 1 saturated heterocycles. The largest absolute Gasteiger partial charge is 0.368 e. The lowest BCUT2D eigenvalue weighted by Crippen LogP contribution is -2.29. The maximum absolute atomic E-state index is 10.9. The summed E-state index contributed by atoms with van der Waals surface area (Å²) in [6.45, 7) is 0. The van der Waals surface area contributed by atoms with Gasteiger partial charge in [-0.25, -0.2) is 4.99 Å². The molecule has 0 aromatic carbocycles. The lowest BCUT2D eigenvalue weighted by molar-refractivity contribution is -0.135. The third-order valence-corrected chi connectivity index (χ3v) is 2.79. The Kier molecular flexibility index (Phi) is 3.36. The topological polar surface area (TPSA) is 109 Å². The van der Waals surface area contributed by atoms with Crippen LogP contribution in [-0.4, -0.2) is 29.8 Å². The maximum atomic E-state index is 10.9. The summed E-state index contributed by atoms with van der Waals surface area (Å²) in [5.41, 5.74) is 5.64. The van der Waals surface area contributed by atoms with Gasteiger partial charge in [0.1, 0.15) is 0 Å². The second kappa shape index (κ2) is 4.94. The zero-order valence-electron chi connectivity index (χ0n) is 9.40. The molecule has 2 fully saturated rings. The number of hydrogen-bond acceptors (Lipinski definition) is 3. The monoisotopic (exact) mass is 237 g/mol. The van der Waals surface area contributed by atoms with E-state index in [2.05, 4.69) is 20.6 Å². The highest BCUT2D eigenvalue weighted by Gasteiger charge is 2.25. The Morgan fingerprint density at radius 2 is 1.71 bits per heavy atom. The van der Waals surface area contributed by atoms with E-state index >= 15 is 0 Å². The average molecular weight is 237 g/mol. The molecule has 1 saturated carbocycles. The third kappa shape index (κ3) is 3.02. The van der Waals surface area contributed by atoms with Crippen LogP contribution in [0, 0.1) is 0 Å². The number of aliphatic imine (C=N–C) groups is 2. The standard InChI is InChI=1S/C10H15N5O2/c11-9(12-6-4-2-1-3-5-6)15-10-13-7(16)8(17)14-10/h6H,1-5H2,(H4,11,12,13,14,15,16,17). The Hall–Kier alpha value is -1.92. The van der Waals surface area contributed by atoms with Gasteiger partial charge in [0, 0.05) is 0 Å². The molecule has 0 radical (unpaired) electrons. The van der Waals surface area contributed by atoms with Crippen LogP contribution in [0.5, 0.6) is 0 Å². The number of nitrogens with zero attached hydrogens (tertiary/aromatic N) is 2. The number of nitrogens with one attached hydrogen (secondary N) is 2. The van der Waals surface area contributed by atoms with Gasteiger partial charge in [-0.1, -0.05) is 19.3 Å². The number of carbonyl (C=O) groups excluding carboxylic acids is 2. The van der Waals surface area contributed by atoms with Gasteiger partial charge in [0.05, 0.1) is 6.04 Å². The van der Waals surface area contributed by atoms with Crippen molar-refractivity contribution in [1.29, 1.82) is 0 Å². The molecule has 17 heavy (non-hydrogen) atoms. The first-order valence-corrected chi connectivity index (χ1v) is 5.69. The molecule has 4 N–H and O–H groups in total. The van der Waals surface area contributed by atoms with Gasteiger partial charge in [-0.05, 0) is 12.8 Å². The lowest BCUT2D eigenvalue weighted by atomic mass is 9.96. The smallest absolute Gasteiger partial charge is 0.316 e. The van der Waals surface area contributed by atoms with Crippen molar-refractivity contribution >= 4 is 23.7 Å². The molecule has 0 atom stereocenters. The highest BCUT2D eigenvalue weighted by atomic mass is 16.2. The van der Waals surface area contributed by atoms with Gasteiger partial charge < -0.3 is 5.73 Å². The van der Waals surface area contributed by atoms with Gasteiger partial charge >= 0.3 is 11.8 Å².